The molecule has 0 bridgehead atoms. The van der Waals surface area contributed by atoms with Gasteiger partial charge in [-0.1, -0.05) is 54.6 Å². The molecular formula is C28H29N3O2. The van der Waals surface area contributed by atoms with Crippen molar-refractivity contribution in [1.82, 2.24) is 5.32 Å². The van der Waals surface area contributed by atoms with Crippen LogP contribution in [0, 0.1) is 13.8 Å². The maximum Gasteiger partial charge on any atom is 0.240 e. The molecule has 1 heterocycles. The molecule has 1 N–H and O–H groups in total. The number of hydrogen-bond acceptors (Lipinski definition) is 3. The van der Waals surface area contributed by atoms with Gasteiger partial charge in [0.15, 0.2) is 0 Å². The molecule has 33 heavy (non-hydrogen) atoms. The third-order valence-electron chi connectivity index (χ3n) is 6.00. The van der Waals surface area contributed by atoms with E-state index in [4.69, 9.17) is 4.99 Å². The van der Waals surface area contributed by atoms with E-state index in [0.717, 1.165) is 29.7 Å². The normalized spacial score (nSPS) is 13.2. The van der Waals surface area contributed by atoms with Gasteiger partial charge in [0.1, 0.15) is 6.54 Å². The Morgan fingerprint density at radius 2 is 1.73 bits per heavy atom. The number of benzene rings is 3. The average molecular weight is 440 g/mol. The number of para-hydroxylation sites is 2. The van der Waals surface area contributed by atoms with Crippen molar-refractivity contribution in [3.05, 3.63) is 95.1 Å². The van der Waals surface area contributed by atoms with Gasteiger partial charge in [0.05, 0.1) is 23.5 Å². The molecule has 0 unspecified atom stereocenters. The van der Waals surface area contributed by atoms with E-state index < -0.39 is 0 Å². The van der Waals surface area contributed by atoms with Gasteiger partial charge in [-0.25, -0.2) is 0 Å². The summed E-state index contributed by atoms with van der Waals surface area (Å²) in [6.07, 6.45) is 1.90. The first-order valence-electron chi connectivity index (χ1n) is 11.4. The number of aryl methyl sites for hydroxylation is 3. The number of aliphatic imine (C=N–C) groups is 1. The van der Waals surface area contributed by atoms with Crippen molar-refractivity contribution in [2.45, 2.75) is 33.1 Å². The van der Waals surface area contributed by atoms with Crippen molar-refractivity contribution in [2.75, 3.05) is 18.0 Å². The van der Waals surface area contributed by atoms with Crippen molar-refractivity contribution in [2.24, 2.45) is 4.99 Å². The van der Waals surface area contributed by atoms with Crippen molar-refractivity contribution in [3.8, 4) is 0 Å². The van der Waals surface area contributed by atoms with Crippen LogP contribution < -0.4 is 10.2 Å². The lowest BCUT2D eigenvalue weighted by Crippen LogP contribution is -2.41. The van der Waals surface area contributed by atoms with E-state index in [2.05, 4.69) is 43.4 Å². The van der Waals surface area contributed by atoms with Crippen molar-refractivity contribution in [1.29, 1.82) is 0 Å². The summed E-state index contributed by atoms with van der Waals surface area (Å²) in [7, 11) is 0. The van der Waals surface area contributed by atoms with E-state index >= 15 is 0 Å². The lowest BCUT2D eigenvalue weighted by Gasteiger charge is -2.22. The molecule has 0 atom stereocenters. The molecule has 168 valence electrons. The van der Waals surface area contributed by atoms with Crippen LogP contribution in [0.1, 0.15) is 35.1 Å². The number of nitrogens with one attached hydrogen (secondary N) is 1. The zero-order valence-corrected chi connectivity index (χ0v) is 19.2. The SMILES string of the molecule is Cc1ccc(C2=Nc3ccccc3N(CC(=O)NCCCc3ccccc3)C(=O)C2)cc1C. The van der Waals surface area contributed by atoms with E-state index in [-0.39, 0.29) is 24.8 Å². The highest BCUT2D eigenvalue weighted by atomic mass is 16.2. The Morgan fingerprint density at radius 3 is 2.52 bits per heavy atom. The number of carbonyl (C=O) groups is 2. The fraction of sp³-hybridized carbons (Fsp3) is 0.250. The minimum absolute atomic E-state index is 0.0170. The Morgan fingerprint density at radius 1 is 0.970 bits per heavy atom. The molecule has 5 heteroatoms. The van der Waals surface area contributed by atoms with Gasteiger partial charge in [-0.05, 0) is 67.1 Å². The molecule has 4 rings (SSSR count). The van der Waals surface area contributed by atoms with Gasteiger partial charge >= 0.3 is 0 Å². The Labute approximate surface area is 195 Å². The Bertz CT molecular complexity index is 1180. The number of anilines is 1. The lowest BCUT2D eigenvalue weighted by molar-refractivity contribution is -0.123. The number of fused-ring (bicyclic) bond motifs is 1. The molecule has 0 saturated carbocycles. The quantitative estimate of drug-likeness (QED) is 0.532. The highest BCUT2D eigenvalue weighted by molar-refractivity contribution is 6.18. The summed E-state index contributed by atoms with van der Waals surface area (Å²) in [5.41, 5.74) is 6.64. The third kappa shape index (κ3) is 5.55. The molecule has 1 aliphatic heterocycles. The van der Waals surface area contributed by atoms with Crippen LogP contribution in [0.15, 0.2) is 77.8 Å². The number of rotatable bonds is 7. The largest absolute Gasteiger partial charge is 0.355 e. The summed E-state index contributed by atoms with van der Waals surface area (Å²) in [5.74, 6) is -0.294. The molecule has 0 radical (unpaired) electrons. The first-order chi connectivity index (χ1) is 16.0. The molecule has 2 amide bonds. The standard InChI is InChI=1S/C28H29N3O2/c1-20-14-15-23(17-21(20)2)25-18-28(33)31(26-13-7-6-12-24(26)30-25)19-27(32)29-16-8-11-22-9-4-3-5-10-22/h3-7,9-10,12-15,17H,8,11,16,18-19H2,1-2H3,(H,29,32). The number of carbonyl (C=O) groups excluding carboxylic acids is 2. The second kappa shape index (κ2) is 10.3. The second-order valence-electron chi connectivity index (χ2n) is 8.44. The topological polar surface area (TPSA) is 61.8 Å². The Kier molecular flexibility index (Phi) is 6.98. The van der Waals surface area contributed by atoms with Gasteiger partial charge in [0.2, 0.25) is 11.8 Å². The summed E-state index contributed by atoms with van der Waals surface area (Å²) in [6.45, 7) is 4.67. The lowest BCUT2D eigenvalue weighted by atomic mass is 10.0. The molecule has 0 spiro atoms. The molecule has 0 aliphatic carbocycles. The summed E-state index contributed by atoms with van der Waals surface area (Å²) >= 11 is 0. The number of nitrogens with zero attached hydrogens (tertiary/aromatic N) is 2. The van der Waals surface area contributed by atoms with E-state index in [1.807, 2.05) is 48.5 Å². The van der Waals surface area contributed by atoms with Crippen molar-refractivity contribution >= 4 is 28.9 Å². The summed E-state index contributed by atoms with van der Waals surface area (Å²) in [6, 6.07) is 23.8. The van der Waals surface area contributed by atoms with Gasteiger partial charge in [-0.2, -0.15) is 0 Å². The molecule has 5 nitrogen and oxygen atoms in total. The van der Waals surface area contributed by atoms with E-state index in [9.17, 15) is 9.59 Å². The highest BCUT2D eigenvalue weighted by Gasteiger charge is 2.26. The number of hydrogen-bond donors (Lipinski definition) is 1. The fourth-order valence-corrected chi connectivity index (χ4v) is 3.97. The third-order valence-corrected chi connectivity index (χ3v) is 6.00. The summed E-state index contributed by atoms with van der Waals surface area (Å²) < 4.78 is 0. The van der Waals surface area contributed by atoms with Gasteiger partial charge in [-0.3, -0.25) is 14.6 Å². The zero-order valence-electron chi connectivity index (χ0n) is 19.2. The van der Waals surface area contributed by atoms with Crippen LogP contribution in [-0.2, 0) is 16.0 Å². The van der Waals surface area contributed by atoms with E-state index in [1.54, 1.807) is 4.90 Å². The van der Waals surface area contributed by atoms with Gasteiger partial charge in [0, 0.05) is 6.54 Å². The maximum absolute atomic E-state index is 13.2. The monoisotopic (exact) mass is 439 g/mol. The maximum atomic E-state index is 13.2. The van der Waals surface area contributed by atoms with Crippen LogP contribution in [0.2, 0.25) is 0 Å². The summed E-state index contributed by atoms with van der Waals surface area (Å²) in [4.78, 5) is 32.3. The van der Waals surface area contributed by atoms with Crippen LogP contribution in [0.25, 0.3) is 0 Å². The minimum Gasteiger partial charge on any atom is -0.355 e. The van der Waals surface area contributed by atoms with Gasteiger partial charge in [-0.15, -0.1) is 0 Å². The molecule has 3 aromatic carbocycles. The minimum atomic E-state index is -0.166. The highest BCUT2D eigenvalue weighted by Crippen LogP contribution is 2.33. The molecular weight excluding hydrogens is 410 g/mol. The van der Waals surface area contributed by atoms with Crippen LogP contribution in [0.3, 0.4) is 0 Å². The molecule has 0 aromatic heterocycles. The predicted octanol–water partition coefficient (Wildman–Crippen LogP) is 4.91. The van der Waals surface area contributed by atoms with Crippen LogP contribution >= 0.6 is 0 Å². The average Bonchev–Trinajstić information content (AvgIpc) is 2.96. The smallest absolute Gasteiger partial charge is 0.240 e. The van der Waals surface area contributed by atoms with Crippen molar-refractivity contribution in [3.63, 3.8) is 0 Å². The molecule has 1 aliphatic rings. The Hall–Kier alpha value is -3.73. The second-order valence-corrected chi connectivity index (χ2v) is 8.44. The summed E-state index contributed by atoms with van der Waals surface area (Å²) in [5, 5.41) is 2.96. The first kappa shape index (κ1) is 22.5. The fourth-order valence-electron chi connectivity index (χ4n) is 3.97. The van der Waals surface area contributed by atoms with Crippen molar-refractivity contribution < 1.29 is 9.59 Å². The molecule has 0 saturated heterocycles. The molecule has 0 fully saturated rings. The van der Waals surface area contributed by atoms with Crippen LogP contribution in [0.4, 0.5) is 11.4 Å². The van der Waals surface area contributed by atoms with E-state index in [1.165, 1.54) is 11.1 Å². The van der Waals surface area contributed by atoms with Gasteiger partial charge in [0.25, 0.3) is 0 Å². The predicted molar refractivity (Wildman–Crippen MR) is 133 cm³/mol. The van der Waals surface area contributed by atoms with Crippen LogP contribution in [0.5, 0.6) is 0 Å². The zero-order chi connectivity index (χ0) is 23.2. The van der Waals surface area contributed by atoms with E-state index in [0.29, 0.717) is 17.9 Å². The number of amides is 2. The Balaban J connectivity index is 1.45. The van der Waals surface area contributed by atoms with Gasteiger partial charge < -0.3 is 10.2 Å². The van der Waals surface area contributed by atoms with Crippen LogP contribution in [-0.4, -0.2) is 30.6 Å². The molecule has 3 aromatic rings. The first-order valence-corrected chi connectivity index (χ1v) is 11.4.